The molecule has 1 amide bonds. The monoisotopic (exact) mass is 357 g/mol. The van der Waals surface area contributed by atoms with Crippen molar-refractivity contribution in [3.63, 3.8) is 0 Å². The van der Waals surface area contributed by atoms with Crippen molar-refractivity contribution in [3.05, 3.63) is 53.4 Å². The zero-order chi connectivity index (χ0) is 18.5. The Morgan fingerprint density at radius 2 is 2.04 bits per heavy atom. The molecule has 0 aliphatic rings. The summed E-state index contributed by atoms with van der Waals surface area (Å²) in [6.07, 6.45) is 2.39. The van der Waals surface area contributed by atoms with E-state index in [1.54, 1.807) is 16.6 Å². The van der Waals surface area contributed by atoms with E-state index < -0.39 is 0 Å². The summed E-state index contributed by atoms with van der Waals surface area (Å²) in [4.78, 5) is 20.5. The van der Waals surface area contributed by atoms with E-state index in [0.29, 0.717) is 37.5 Å². The molecular formula is C18H20FN5O2. The summed E-state index contributed by atoms with van der Waals surface area (Å²) in [7, 11) is 0. The van der Waals surface area contributed by atoms with E-state index in [1.807, 2.05) is 13.8 Å². The second kappa shape index (κ2) is 7.90. The summed E-state index contributed by atoms with van der Waals surface area (Å²) in [5.74, 6) is 0.755. The Bertz CT molecular complexity index is 908. The van der Waals surface area contributed by atoms with E-state index in [4.69, 9.17) is 4.74 Å². The van der Waals surface area contributed by atoms with Gasteiger partial charge in [-0.15, -0.1) is 0 Å². The first-order valence-corrected chi connectivity index (χ1v) is 8.35. The topological polar surface area (TPSA) is 81.4 Å². The lowest BCUT2D eigenvalue weighted by Gasteiger charge is -2.11. The van der Waals surface area contributed by atoms with Gasteiger partial charge in [-0.2, -0.15) is 10.1 Å². The molecule has 1 aromatic carbocycles. The van der Waals surface area contributed by atoms with Crippen LogP contribution in [0.4, 0.5) is 4.39 Å². The number of benzene rings is 1. The van der Waals surface area contributed by atoms with Gasteiger partial charge in [0.25, 0.3) is 5.78 Å². The second-order valence-electron chi connectivity index (χ2n) is 5.89. The lowest BCUT2D eigenvalue weighted by atomic mass is 10.1. The number of halogens is 1. The number of hydrogen-bond acceptors (Lipinski definition) is 5. The maximum Gasteiger partial charge on any atom is 0.252 e. The quantitative estimate of drug-likeness (QED) is 0.654. The van der Waals surface area contributed by atoms with Crippen molar-refractivity contribution in [1.29, 1.82) is 0 Å². The lowest BCUT2D eigenvalue weighted by molar-refractivity contribution is -0.121. The van der Waals surface area contributed by atoms with E-state index in [-0.39, 0.29) is 11.7 Å². The van der Waals surface area contributed by atoms with E-state index >= 15 is 0 Å². The molecule has 0 saturated carbocycles. The molecule has 1 N–H and O–H groups in total. The average Bonchev–Trinajstić information content (AvgIpc) is 3.08. The summed E-state index contributed by atoms with van der Waals surface area (Å²) in [6.45, 7) is 4.56. The fraction of sp³-hybridized carbons (Fsp3) is 0.333. The molecule has 136 valence electrons. The molecule has 8 heteroatoms. The van der Waals surface area contributed by atoms with Crippen molar-refractivity contribution < 1.29 is 13.9 Å². The van der Waals surface area contributed by atoms with Crippen molar-refractivity contribution in [3.8, 4) is 5.75 Å². The summed E-state index contributed by atoms with van der Waals surface area (Å²) < 4.78 is 19.9. The molecule has 0 aliphatic heterocycles. The third kappa shape index (κ3) is 4.14. The molecule has 0 saturated heterocycles. The number of aromatic nitrogens is 4. The number of carbonyl (C=O) groups is 1. The maximum absolute atomic E-state index is 12.8. The minimum absolute atomic E-state index is 0.0646. The normalized spacial score (nSPS) is 10.9. The Balaban J connectivity index is 1.46. The zero-order valence-electron chi connectivity index (χ0n) is 14.7. The van der Waals surface area contributed by atoms with Gasteiger partial charge in [-0.05, 0) is 50.1 Å². The van der Waals surface area contributed by atoms with Crippen LogP contribution in [0.2, 0.25) is 0 Å². The van der Waals surface area contributed by atoms with Gasteiger partial charge in [-0.3, -0.25) is 4.79 Å². The number of ether oxygens (including phenoxy) is 1. The standard InChI is InChI=1S/C18H20FN5O2/c1-12-16(13(2)24-18(23-12)21-11-22-24)7-8-17(25)20-9-10-26-15-5-3-14(19)4-6-15/h3-6,11H,7-10H2,1-2H3,(H,20,25). The molecule has 0 unspecified atom stereocenters. The number of carbonyl (C=O) groups excluding carboxylic acids is 1. The Morgan fingerprint density at radius 3 is 2.81 bits per heavy atom. The first-order valence-electron chi connectivity index (χ1n) is 8.35. The highest BCUT2D eigenvalue weighted by Crippen LogP contribution is 2.15. The lowest BCUT2D eigenvalue weighted by Crippen LogP contribution is -2.28. The molecular weight excluding hydrogens is 337 g/mol. The van der Waals surface area contributed by atoms with Crippen LogP contribution in [0.5, 0.6) is 5.75 Å². The minimum Gasteiger partial charge on any atom is -0.492 e. The average molecular weight is 357 g/mol. The molecule has 3 rings (SSSR count). The number of amides is 1. The molecule has 0 atom stereocenters. The zero-order valence-corrected chi connectivity index (χ0v) is 14.7. The van der Waals surface area contributed by atoms with Gasteiger partial charge in [-0.25, -0.2) is 13.9 Å². The molecule has 0 radical (unpaired) electrons. The fourth-order valence-corrected chi connectivity index (χ4v) is 2.73. The number of nitrogens with zero attached hydrogens (tertiary/aromatic N) is 4. The van der Waals surface area contributed by atoms with Crippen LogP contribution in [0.1, 0.15) is 23.4 Å². The van der Waals surface area contributed by atoms with E-state index in [0.717, 1.165) is 17.0 Å². The van der Waals surface area contributed by atoms with Gasteiger partial charge in [0, 0.05) is 17.8 Å². The van der Waals surface area contributed by atoms with Gasteiger partial charge in [0.1, 0.15) is 24.5 Å². The smallest absolute Gasteiger partial charge is 0.252 e. The first-order chi connectivity index (χ1) is 12.5. The Hall–Kier alpha value is -3.03. The minimum atomic E-state index is -0.310. The van der Waals surface area contributed by atoms with Crippen LogP contribution in [-0.2, 0) is 11.2 Å². The summed E-state index contributed by atoms with van der Waals surface area (Å²) in [5, 5.41) is 6.96. The van der Waals surface area contributed by atoms with E-state index in [9.17, 15) is 9.18 Å². The predicted octanol–water partition coefficient (Wildman–Crippen LogP) is 2.01. The van der Waals surface area contributed by atoms with Crippen molar-refractivity contribution >= 4 is 11.7 Å². The fourth-order valence-electron chi connectivity index (χ4n) is 2.73. The highest BCUT2D eigenvalue weighted by molar-refractivity contribution is 5.76. The number of rotatable bonds is 7. The Kier molecular flexibility index (Phi) is 5.40. The van der Waals surface area contributed by atoms with E-state index in [1.165, 1.54) is 18.5 Å². The molecule has 7 nitrogen and oxygen atoms in total. The summed E-state index contributed by atoms with van der Waals surface area (Å²) >= 11 is 0. The van der Waals surface area contributed by atoms with Crippen LogP contribution in [0.15, 0.2) is 30.6 Å². The van der Waals surface area contributed by atoms with Crippen LogP contribution in [0, 0.1) is 19.7 Å². The van der Waals surface area contributed by atoms with Crippen LogP contribution >= 0.6 is 0 Å². The van der Waals surface area contributed by atoms with Gasteiger partial charge in [0.05, 0.1) is 6.54 Å². The molecule has 2 heterocycles. The maximum atomic E-state index is 12.8. The molecule has 26 heavy (non-hydrogen) atoms. The van der Waals surface area contributed by atoms with Gasteiger partial charge in [0.2, 0.25) is 5.91 Å². The van der Waals surface area contributed by atoms with Crippen LogP contribution < -0.4 is 10.1 Å². The molecule has 0 fully saturated rings. The van der Waals surface area contributed by atoms with Gasteiger partial charge in [0.15, 0.2) is 0 Å². The number of hydrogen-bond donors (Lipinski definition) is 1. The summed E-state index contributed by atoms with van der Waals surface area (Å²) in [5.41, 5.74) is 2.80. The third-order valence-electron chi connectivity index (χ3n) is 4.10. The number of nitrogens with one attached hydrogen (secondary N) is 1. The van der Waals surface area contributed by atoms with Crippen LogP contribution in [0.25, 0.3) is 5.78 Å². The summed E-state index contributed by atoms with van der Waals surface area (Å²) in [6, 6.07) is 5.77. The number of fused-ring (bicyclic) bond motifs is 1. The molecule has 0 spiro atoms. The van der Waals surface area contributed by atoms with E-state index in [2.05, 4.69) is 20.4 Å². The highest BCUT2D eigenvalue weighted by atomic mass is 19.1. The Morgan fingerprint density at radius 1 is 1.27 bits per heavy atom. The largest absolute Gasteiger partial charge is 0.492 e. The van der Waals surface area contributed by atoms with Crippen molar-refractivity contribution in [2.24, 2.45) is 0 Å². The van der Waals surface area contributed by atoms with Crippen molar-refractivity contribution in [2.45, 2.75) is 26.7 Å². The molecule has 3 aromatic rings. The van der Waals surface area contributed by atoms with Crippen LogP contribution in [0.3, 0.4) is 0 Å². The SMILES string of the molecule is Cc1nc2ncnn2c(C)c1CCC(=O)NCCOc1ccc(F)cc1. The second-order valence-corrected chi connectivity index (χ2v) is 5.89. The van der Waals surface area contributed by atoms with Gasteiger partial charge < -0.3 is 10.1 Å². The molecule has 0 aliphatic carbocycles. The third-order valence-corrected chi connectivity index (χ3v) is 4.10. The predicted molar refractivity (Wildman–Crippen MR) is 93.5 cm³/mol. The van der Waals surface area contributed by atoms with Crippen molar-refractivity contribution in [2.75, 3.05) is 13.2 Å². The van der Waals surface area contributed by atoms with Gasteiger partial charge in [-0.1, -0.05) is 0 Å². The van der Waals surface area contributed by atoms with Gasteiger partial charge >= 0.3 is 0 Å². The highest BCUT2D eigenvalue weighted by Gasteiger charge is 2.12. The van der Waals surface area contributed by atoms with Crippen LogP contribution in [-0.4, -0.2) is 38.6 Å². The molecule has 2 aromatic heterocycles. The number of aryl methyl sites for hydroxylation is 2. The molecule has 0 bridgehead atoms. The van der Waals surface area contributed by atoms with Crippen molar-refractivity contribution in [1.82, 2.24) is 24.9 Å². The Labute approximate surface area is 150 Å². The first kappa shape index (κ1) is 17.8.